The first-order chi connectivity index (χ1) is 8.29. The number of rotatable bonds is 4. The first kappa shape index (κ1) is 11.3. The average Bonchev–Trinajstić information content (AvgIpc) is 2.38. The Labute approximate surface area is 99.7 Å². The molecule has 2 aromatic rings. The van der Waals surface area contributed by atoms with Crippen LogP contribution in [0.25, 0.3) is 0 Å². The minimum Gasteiger partial charge on any atom is -0.365 e. The van der Waals surface area contributed by atoms with Crippen LogP contribution in [0.2, 0.25) is 0 Å². The van der Waals surface area contributed by atoms with Gasteiger partial charge in [0.05, 0.1) is 5.56 Å². The Balaban J connectivity index is 2.13. The van der Waals surface area contributed by atoms with E-state index in [1.165, 1.54) is 6.20 Å². The second-order valence-electron chi connectivity index (χ2n) is 3.68. The van der Waals surface area contributed by atoms with E-state index in [9.17, 15) is 4.79 Å². The summed E-state index contributed by atoms with van der Waals surface area (Å²) >= 11 is 0. The Hall–Kier alpha value is -2.23. The van der Waals surface area contributed by atoms with Gasteiger partial charge in [0.15, 0.2) is 6.29 Å². The summed E-state index contributed by atoms with van der Waals surface area (Å²) in [6.45, 7) is 2.43. The highest BCUT2D eigenvalue weighted by molar-refractivity contribution is 5.81. The molecule has 0 aliphatic carbocycles. The van der Waals surface area contributed by atoms with Crippen LogP contribution in [0.3, 0.4) is 0 Å². The summed E-state index contributed by atoms with van der Waals surface area (Å²) in [4.78, 5) is 19.0. The maximum absolute atomic E-state index is 10.8. The van der Waals surface area contributed by atoms with Crippen LogP contribution in [0.5, 0.6) is 0 Å². The molecule has 0 atom stereocenters. The average molecular weight is 227 g/mol. The molecule has 0 saturated carbocycles. The second kappa shape index (κ2) is 5.21. The Bertz CT molecular complexity index is 511. The minimum absolute atomic E-state index is 0.478. The van der Waals surface area contributed by atoms with E-state index in [0.29, 0.717) is 23.8 Å². The summed E-state index contributed by atoms with van der Waals surface area (Å²) in [6.07, 6.45) is 2.29. The molecule has 0 saturated heterocycles. The van der Waals surface area contributed by atoms with E-state index in [1.807, 2.05) is 30.3 Å². The van der Waals surface area contributed by atoms with E-state index >= 15 is 0 Å². The summed E-state index contributed by atoms with van der Waals surface area (Å²) in [5, 5.41) is 3.14. The zero-order chi connectivity index (χ0) is 12.1. The third-order valence-electron chi connectivity index (χ3n) is 2.37. The topological polar surface area (TPSA) is 54.9 Å². The van der Waals surface area contributed by atoms with Gasteiger partial charge in [-0.05, 0) is 12.5 Å². The van der Waals surface area contributed by atoms with E-state index in [-0.39, 0.29) is 0 Å². The van der Waals surface area contributed by atoms with Crippen LogP contribution in [-0.4, -0.2) is 16.3 Å². The third kappa shape index (κ3) is 2.87. The van der Waals surface area contributed by atoms with Crippen molar-refractivity contribution in [3.63, 3.8) is 0 Å². The fraction of sp³-hybridized carbons (Fsp3) is 0.154. The maximum atomic E-state index is 10.8. The molecule has 1 aromatic carbocycles. The predicted octanol–water partition coefficient (Wildman–Crippen LogP) is 2.21. The first-order valence-electron chi connectivity index (χ1n) is 5.36. The van der Waals surface area contributed by atoms with Crippen molar-refractivity contribution >= 4 is 12.1 Å². The number of aldehydes is 1. The van der Waals surface area contributed by atoms with Crippen molar-refractivity contribution in [2.24, 2.45) is 0 Å². The number of aromatic nitrogens is 2. The van der Waals surface area contributed by atoms with Gasteiger partial charge in [-0.2, -0.15) is 0 Å². The molecule has 17 heavy (non-hydrogen) atoms. The first-order valence-corrected chi connectivity index (χ1v) is 5.36. The largest absolute Gasteiger partial charge is 0.365 e. The molecule has 0 aliphatic heterocycles. The summed E-state index contributed by atoms with van der Waals surface area (Å²) in [5.74, 6) is 1.22. The third-order valence-corrected chi connectivity index (χ3v) is 2.37. The molecule has 1 heterocycles. The molecule has 2 rings (SSSR count). The number of nitrogens with zero attached hydrogens (tertiary/aromatic N) is 2. The van der Waals surface area contributed by atoms with Crippen LogP contribution < -0.4 is 5.32 Å². The summed E-state index contributed by atoms with van der Waals surface area (Å²) in [6, 6.07) is 9.95. The highest BCUT2D eigenvalue weighted by Gasteiger charge is 2.03. The van der Waals surface area contributed by atoms with Gasteiger partial charge in [-0.15, -0.1) is 0 Å². The van der Waals surface area contributed by atoms with Gasteiger partial charge in [0.25, 0.3) is 0 Å². The van der Waals surface area contributed by atoms with Crippen molar-refractivity contribution in [3.8, 4) is 0 Å². The van der Waals surface area contributed by atoms with Gasteiger partial charge < -0.3 is 5.32 Å². The molecule has 0 radical (unpaired) electrons. The van der Waals surface area contributed by atoms with Crippen LogP contribution in [0, 0.1) is 6.92 Å². The Morgan fingerprint density at radius 1 is 1.29 bits per heavy atom. The molecular weight excluding hydrogens is 214 g/mol. The highest BCUT2D eigenvalue weighted by Crippen LogP contribution is 2.10. The van der Waals surface area contributed by atoms with Gasteiger partial charge in [0, 0.05) is 12.7 Å². The lowest BCUT2D eigenvalue weighted by Crippen LogP contribution is -2.06. The molecule has 4 heteroatoms. The van der Waals surface area contributed by atoms with Crippen molar-refractivity contribution in [2.45, 2.75) is 13.5 Å². The molecule has 0 unspecified atom stereocenters. The van der Waals surface area contributed by atoms with Crippen LogP contribution in [-0.2, 0) is 6.54 Å². The standard InChI is InChI=1S/C13H13N3O/c1-10-14-8-12(9-17)13(16-10)15-7-11-5-3-2-4-6-11/h2-6,8-9H,7H2,1H3,(H,14,15,16). The van der Waals surface area contributed by atoms with Crippen LogP contribution in [0.1, 0.15) is 21.7 Å². The number of hydrogen-bond acceptors (Lipinski definition) is 4. The van der Waals surface area contributed by atoms with Gasteiger partial charge in [-0.1, -0.05) is 30.3 Å². The van der Waals surface area contributed by atoms with Crippen LogP contribution in [0.4, 0.5) is 5.82 Å². The van der Waals surface area contributed by atoms with Crippen molar-refractivity contribution in [3.05, 3.63) is 53.5 Å². The van der Waals surface area contributed by atoms with Crippen LogP contribution in [0.15, 0.2) is 36.5 Å². The quantitative estimate of drug-likeness (QED) is 0.813. The van der Waals surface area contributed by atoms with Gasteiger partial charge in [0.2, 0.25) is 0 Å². The Kier molecular flexibility index (Phi) is 3.45. The number of carbonyl (C=O) groups is 1. The number of benzene rings is 1. The zero-order valence-electron chi connectivity index (χ0n) is 9.55. The van der Waals surface area contributed by atoms with Gasteiger partial charge in [-0.3, -0.25) is 4.79 Å². The smallest absolute Gasteiger partial charge is 0.155 e. The van der Waals surface area contributed by atoms with Crippen molar-refractivity contribution < 1.29 is 4.79 Å². The fourth-order valence-corrected chi connectivity index (χ4v) is 1.49. The summed E-state index contributed by atoms with van der Waals surface area (Å²) in [7, 11) is 0. The monoisotopic (exact) mass is 227 g/mol. The van der Waals surface area contributed by atoms with Gasteiger partial charge in [0.1, 0.15) is 11.6 Å². The predicted molar refractivity (Wildman–Crippen MR) is 65.9 cm³/mol. The van der Waals surface area contributed by atoms with E-state index in [4.69, 9.17) is 0 Å². The lowest BCUT2D eigenvalue weighted by atomic mass is 10.2. The lowest BCUT2D eigenvalue weighted by Gasteiger charge is -2.08. The summed E-state index contributed by atoms with van der Waals surface area (Å²) < 4.78 is 0. The molecule has 1 N–H and O–H groups in total. The van der Waals surface area contributed by atoms with E-state index in [1.54, 1.807) is 6.92 Å². The number of anilines is 1. The van der Waals surface area contributed by atoms with E-state index < -0.39 is 0 Å². The number of aryl methyl sites for hydroxylation is 1. The Morgan fingerprint density at radius 3 is 2.76 bits per heavy atom. The molecule has 0 fully saturated rings. The van der Waals surface area contributed by atoms with Gasteiger partial charge in [-0.25, -0.2) is 9.97 Å². The molecule has 0 amide bonds. The summed E-state index contributed by atoms with van der Waals surface area (Å²) in [5.41, 5.74) is 1.62. The van der Waals surface area contributed by atoms with E-state index in [2.05, 4.69) is 15.3 Å². The van der Waals surface area contributed by atoms with E-state index in [0.717, 1.165) is 11.8 Å². The highest BCUT2D eigenvalue weighted by atomic mass is 16.1. The van der Waals surface area contributed by atoms with Crippen molar-refractivity contribution in [1.82, 2.24) is 9.97 Å². The number of carbonyl (C=O) groups excluding carboxylic acids is 1. The maximum Gasteiger partial charge on any atom is 0.155 e. The van der Waals surface area contributed by atoms with Crippen molar-refractivity contribution in [1.29, 1.82) is 0 Å². The SMILES string of the molecule is Cc1ncc(C=O)c(NCc2ccccc2)n1. The molecule has 0 spiro atoms. The number of hydrogen-bond donors (Lipinski definition) is 1. The second-order valence-corrected chi connectivity index (χ2v) is 3.68. The molecule has 4 nitrogen and oxygen atoms in total. The molecule has 86 valence electrons. The Morgan fingerprint density at radius 2 is 2.06 bits per heavy atom. The van der Waals surface area contributed by atoms with Crippen LogP contribution >= 0.6 is 0 Å². The molecule has 1 aromatic heterocycles. The molecular formula is C13H13N3O. The zero-order valence-corrected chi connectivity index (χ0v) is 9.55. The minimum atomic E-state index is 0.478. The lowest BCUT2D eigenvalue weighted by molar-refractivity contribution is 0.112. The number of nitrogens with one attached hydrogen (secondary N) is 1. The normalized spacial score (nSPS) is 9.94. The molecule has 0 bridgehead atoms. The van der Waals surface area contributed by atoms with Crippen molar-refractivity contribution in [2.75, 3.05) is 5.32 Å². The fourth-order valence-electron chi connectivity index (χ4n) is 1.49. The molecule has 0 aliphatic rings. The van der Waals surface area contributed by atoms with Gasteiger partial charge >= 0.3 is 0 Å².